The van der Waals surface area contributed by atoms with Gasteiger partial charge in [0.05, 0.1) is 6.54 Å². The maximum atomic E-state index is 13.2. The van der Waals surface area contributed by atoms with E-state index in [-0.39, 0.29) is 5.69 Å². The Balaban J connectivity index is 2.96. The minimum absolute atomic E-state index is 0.370. The smallest absolute Gasteiger partial charge is 0.255 e. The molecule has 74 valence electrons. The van der Waals surface area contributed by atoms with Crippen molar-refractivity contribution in [3.8, 4) is 0 Å². The summed E-state index contributed by atoms with van der Waals surface area (Å²) in [4.78, 5) is 5.82. The van der Waals surface area contributed by atoms with E-state index in [9.17, 15) is 8.78 Å². The number of halogens is 2. The van der Waals surface area contributed by atoms with Crippen LogP contribution < -0.4 is 0 Å². The molecule has 14 heavy (non-hydrogen) atoms. The van der Waals surface area contributed by atoms with Crippen LogP contribution in [0.4, 0.5) is 8.78 Å². The molecule has 0 aliphatic heterocycles. The topological polar surface area (TPSA) is 61.7 Å². The third-order valence-electron chi connectivity index (χ3n) is 1.62. The van der Waals surface area contributed by atoms with Crippen molar-refractivity contribution < 1.29 is 8.78 Å². The average molecular weight is 198 g/mol. The summed E-state index contributed by atoms with van der Waals surface area (Å²) < 4.78 is 26.4. The number of alkyl halides is 2. The van der Waals surface area contributed by atoms with Gasteiger partial charge in [-0.25, -0.2) is 0 Å². The highest BCUT2D eigenvalue weighted by Crippen LogP contribution is 2.26. The first-order valence-electron chi connectivity index (χ1n) is 3.88. The number of pyridine rings is 1. The number of hydrogen-bond donors (Lipinski definition) is 0. The Labute approximate surface area is 79.2 Å². The zero-order chi connectivity index (χ0) is 10.6. The first kappa shape index (κ1) is 10.4. The Morgan fingerprint density at radius 2 is 2.36 bits per heavy atom. The van der Waals surface area contributed by atoms with Gasteiger partial charge in [0.1, 0.15) is 5.69 Å². The van der Waals surface area contributed by atoms with Crippen LogP contribution in [-0.4, -0.2) is 11.5 Å². The summed E-state index contributed by atoms with van der Waals surface area (Å²) in [5.41, 5.74) is 8.26. The zero-order valence-corrected chi connectivity index (χ0v) is 7.48. The summed E-state index contributed by atoms with van der Waals surface area (Å²) in [6.45, 7) is 0.786. The molecule has 0 fully saturated rings. The van der Waals surface area contributed by atoms with Crippen molar-refractivity contribution in [2.75, 3.05) is 6.54 Å². The van der Waals surface area contributed by atoms with Gasteiger partial charge in [-0.2, -0.15) is 8.78 Å². The van der Waals surface area contributed by atoms with Crippen molar-refractivity contribution in [2.45, 2.75) is 12.8 Å². The van der Waals surface area contributed by atoms with E-state index >= 15 is 0 Å². The fourth-order valence-corrected chi connectivity index (χ4v) is 0.938. The standard InChI is InChI=1S/C8H8F2N4/c1-6-2-3-12-7(4-6)8(9,10)5-13-14-11/h2-4H,5H2,1H3. The van der Waals surface area contributed by atoms with Gasteiger partial charge in [0.25, 0.3) is 5.92 Å². The zero-order valence-electron chi connectivity index (χ0n) is 7.48. The van der Waals surface area contributed by atoms with E-state index in [1.165, 1.54) is 12.3 Å². The third kappa shape index (κ3) is 2.40. The fourth-order valence-electron chi connectivity index (χ4n) is 0.938. The molecule has 0 bridgehead atoms. The Bertz CT molecular complexity index is 371. The van der Waals surface area contributed by atoms with Gasteiger partial charge in [0, 0.05) is 11.1 Å². The van der Waals surface area contributed by atoms with Crippen LogP contribution in [0.15, 0.2) is 23.4 Å². The van der Waals surface area contributed by atoms with E-state index in [1.807, 2.05) is 0 Å². The normalized spacial score (nSPS) is 10.8. The molecule has 0 amide bonds. The van der Waals surface area contributed by atoms with Crippen LogP contribution in [0.2, 0.25) is 0 Å². The van der Waals surface area contributed by atoms with Crippen LogP contribution in [0, 0.1) is 6.92 Å². The Kier molecular flexibility index (Phi) is 2.99. The van der Waals surface area contributed by atoms with E-state index in [1.54, 1.807) is 13.0 Å². The number of rotatable bonds is 3. The molecule has 0 saturated carbocycles. The summed E-state index contributed by atoms with van der Waals surface area (Å²) >= 11 is 0. The van der Waals surface area contributed by atoms with E-state index in [0.29, 0.717) is 5.56 Å². The summed E-state index contributed by atoms with van der Waals surface area (Å²) in [6.07, 6.45) is 1.30. The van der Waals surface area contributed by atoms with E-state index in [2.05, 4.69) is 15.0 Å². The summed E-state index contributed by atoms with van der Waals surface area (Å²) in [6, 6.07) is 2.89. The number of aromatic nitrogens is 1. The molecule has 0 N–H and O–H groups in total. The highest BCUT2D eigenvalue weighted by atomic mass is 19.3. The Hall–Kier alpha value is -1.68. The molecular weight excluding hydrogens is 190 g/mol. The molecule has 1 rings (SSSR count). The molecule has 0 unspecified atom stereocenters. The SMILES string of the molecule is Cc1ccnc(C(F)(F)CN=[N+]=[N-])c1. The molecule has 6 heteroatoms. The predicted molar refractivity (Wildman–Crippen MR) is 46.9 cm³/mol. The molecule has 0 aromatic carbocycles. The van der Waals surface area contributed by atoms with Crippen molar-refractivity contribution in [1.29, 1.82) is 0 Å². The Morgan fingerprint density at radius 1 is 1.64 bits per heavy atom. The van der Waals surface area contributed by atoms with Gasteiger partial charge in [-0.15, -0.1) is 0 Å². The molecule has 0 aliphatic rings. The highest BCUT2D eigenvalue weighted by Gasteiger charge is 2.32. The first-order valence-corrected chi connectivity index (χ1v) is 3.88. The molecule has 0 saturated heterocycles. The minimum Gasteiger partial charge on any atom is -0.255 e. The molecule has 0 atom stereocenters. The van der Waals surface area contributed by atoms with Crippen LogP contribution in [0.25, 0.3) is 10.4 Å². The summed E-state index contributed by atoms with van der Waals surface area (Å²) in [5, 5.41) is 2.84. The monoisotopic (exact) mass is 198 g/mol. The van der Waals surface area contributed by atoms with Gasteiger partial charge in [-0.3, -0.25) is 4.98 Å². The number of nitrogens with zero attached hydrogens (tertiary/aromatic N) is 4. The maximum Gasteiger partial charge on any atom is 0.295 e. The average Bonchev–Trinajstić information content (AvgIpc) is 2.15. The van der Waals surface area contributed by atoms with E-state index in [4.69, 9.17) is 5.53 Å². The van der Waals surface area contributed by atoms with Crippen molar-refractivity contribution in [3.05, 3.63) is 40.0 Å². The van der Waals surface area contributed by atoms with Gasteiger partial charge in [0.2, 0.25) is 0 Å². The molecule has 0 aliphatic carbocycles. The maximum absolute atomic E-state index is 13.2. The van der Waals surface area contributed by atoms with Gasteiger partial charge >= 0.3 is 0 Å². The molecule has 1 aromatic heterocycles. The lowest BCUT2D eigenvalue weighted by Gasteiger charge is -2.12. The van der Waals surface area contributed by atoms with Crippen LogP contribution in [0.1, 0.15) is 11.3 Å². The first-order chi connectivity index (χ1) is 6.56. The largest absolute Gasteiger partial charge is 0.295 e. The molecule has 1 heterocycles. The lowest BCUT2D eigenvalue weighted by atomic mass is 10.1. The second-order valence-electron chi connectivity index (χ2n) is 2.81. The predicted octanol–water partition coefficient (Wildman–Crippen LogP) is 2.79. The molecule has 1 aromatic rings. The van der Waals surface area contributed by atoms with Crippen LogP contribution in [0.5, 0.6) is 0 Å². The lowest BCUT2D eigenvalue weighted by molar-refractivity contribution is 0.00148. The molecular formula is C8H8F2N4. The summed E-state index contributed by atoms with van der Waals surface area (Å²) in [5.74, 6) is -3.20. The van der Waals surface area contributed by atoms with E-state index in [0.717, 1.165) is 0 Å². The van der Waals surface area contributed by atoms with Gasteiger partial charge in [0.15, 0.2) is 0 Å². The van der Waals surface area contributed by atoms with Crippen molar-refractivity contribution in [1.82, 2.24) is 4.98 Å². The highest BCUT2D eigenvalue weighted by molar-refractivity contribution is 5.18. The van der Waals surface area contributed by atoms with Crippen molar-refractivity contribution in [3.63, 3.8) is 0 Å². The molecule has 0 spiro atoms. The van der Waals surface area contributed by atoms with Crippen molar-refractivity contribution >= 4 is 0 Å². The molecule has 0 radical (unpaired) electrons. The fraction of sp³-hybridized carbons (Fsp3) is 0.375. The number of hydrogen-bond acceptors (Lipinski definition) is 2. The van der Waals surface area contributed by atoms with Crippen LogP contribution in [-0.2, 0) is 5.92 Å². The second-order valence-corrected chi connectivity index (χ2v) is 2.81. The lowest BCUT2D eigenvalue weighted by Crippen LogP contribution is -2.18. The minimum atomic E-state index is -3.20. The van der Waals surface area contributed by atoms with Gasteiger partial charge in [-0.05, 0) is 30.2 Å². The van der Waals surface area contributed by atoms with E-state index < -0.39 is 12.5 Å². The van der Waals surface area contributed by atoms with Gasteiger partial charge < -0.3 is 0 Å². The second kappa shape index (κ2) is 4.02. The third-order valence-corrected chi connectivity index (χ3v) is 1.62. The van der Waals surface area contributed by atoms with Crippen molar-refractivity contribution in [2.24, 2.45) is 5.11 Å². The number of aryl methyl sites for hydroxylation is 1. The summed E-state index contributed by atoms with van der Waals surface area (Å²) in [7, 11) is 0. The number of azide groups is 1. The molecule has 4 nitrogen and oxygen atoms in total. The Morgan fingerprint density at radius 3 is 2.93 bits per heavy atom. The van der Waals surface area contributed by atoms with Crippen LogP contribution >= 0.6 is 0 Å². The van der Waals surface area contributed by atoms with Crippen LogP contribution in [0.3, 0.4) is 0 Å². The quantitative estimate of drug-likeness (QED) is 0.418. The van der Waals surface area contributed by atoms with Gasteiger partial charge in [-0.1, -0.05) is 5.11 Å².